The molecule has 6 heteroatoms. The average Bonchev–Trinajstić information content (AvgIpc) is 3.29. The number of carbonyl (C=O) groups excluding carboxylic acids is 3. The fourth-order valence-corrected chi connectivity index (χ4v) is 4.21. The third-order valence-corrected chi connectivity index (χ3v) is 5.81. The van der Waals surface area contributed by atoms with E-state index in [9.17, 15) is 14.4 Å². The average molecular weight is 406 g/mol. The fraction of sp³-hybridized carbons (Fsp3) is 0.375. The summed E-state index contributed by atoms with van der Waals surface area (Å²) in [4.78, 5) is 40.8. The minimum absolute atomic E-state index is 0.0311. The van der Waals surface area contributed by atoms with Crippen molar-refractivity contribution in [3.05, 3.63) is 65.2 Å². The van der Waals surface area contributed by atoms with Gasteiger partial charge in [-0.05, 0) is 56.0 Å². The molecule has 0 aromatic heterocycles. The molecule has 1 saturated heterocycles. The Morgan fingerprint density at radius 3 is 2.57 bits per heavy atom. The van der Waals surface area contributed by atoms with Crippen LogP contribution in [0.1, 0.15) is 48.2 Å². The van der Waals surface area contributed by atoms with Gasteiger partial charge in [0.1, 0.15) is 0 Å². The van der Waals surface area contributed by atoms with E-state index in [4.69, 9.17) is 4.74 Å². The molecule has 2 aliphatic heterocycles. The lowest BCUT2D eigenvalue weighted by atomic mass is 10.1. The normalized spacial score (nSPS) is 19.0. The number of hydrogen-bond donors (Lipinski definition) is 0. The summed E-state index contributed by atoms with van der Waals surface area (Å²) in [6, 6.07) is 14.9. The van der Waals surface area contributed by atoms with Crippen molar-refractivity contribution < 1.29 is 19.1 Å². The molecule has 4 rings (SSSR count). The highest BCUT2D eigenvalue weighted by molar-refractivity contribution is 6.00. The van der Waals surface area contributed by atoms with Crippen LogP contribution in [0.2, 0.25) is 0 Å². The summed E-state index contributed by atoms with van der Waals surface area (Å²) in [5, 5.41) is 0. The quantitative estimate of drug-likeness (QED) is 0.715. The number of nitrogens with zero attached hydrogens (tertiary/aromatic N) is 2. The molecule has 0 radical (unpaired) electrons. The first-order chi connectivity index (χ1) is 14.4. The molecular formula is C24H26N2O4. The van der Waals surface area contributed by atoms with Gasteiger partial charge in [0.05, 0.1) is 5.56 Å². The van der Waals surface area contributed by atoms with E-state index >= 15 is 0 Å². The second-order valence-corrected chi connectivity index (χ2v) is 8.05. The van der Waals surface area contributed by atoms with Gasteiger partial charge in [0, 0.05) is 31.2 Å². The van der Waals surface area contributed by atoms with Gasteiger partial charge in [-0.3, -0.25) is 9.59 Å². The van der Waals surface area contributed by atoms with Crippen LogP contribution in [0.4, 0.5) is 5.69 Å². The van der Waals surface area contributed by atoms with Crippen molar-refractivity contribution in [2.75, 3.05) is 11.4 Å². The number of esters is 1. The molecule has 0 saturated carbocycles. The minimum atomic E-state index is -0.881. The predicted molar refractivity (Wildman–Crippen MR) is 113 cm³/mol. The lowest BCUT2D eigenvalue weighted by molar-refractivity contribution is -0.128. The van der Waals surface area contributed by atoms with E-state index in [0.29, 0.717) is 18.5 Å². The Balaban J connectivity index is 1.38. The Hall–Kier alpha value is -3.15. The zero-order chi connectivity index (χ0) is 21.3. The third-order valence-electron chi connectivity index (χ3n) is 5.81. The summed E-state index contributed by atoms with van der Waals surface area (Å²) in [5.74, 6) is -0.576. The highest BCUT2D eigenvalue weighted by Crippen LogP contribution is 2.32. The van der Waals surface area contributed by atoms with E-state index in [1.165, 1.54) is 0 Å². The van der Waals surface area contributed by atoms with Gasteiger partial charge in [-0.1, -0.05) is 30.3 Å². The summed E-state index contributed by atoms with van der Waals surface area (Å²) < 4.78 is 5.47. The van der Waals surface area contributed by atoms with Gasteiger partial charge in [0.15, 0.2) is 6.10 Å². The molecule has 2 amide bonds. The first-order valence-electron chi connectivity index (χ1n) is 10.4. The predicted octanol–water partition coefficient (Wildman–Crippen LogP) is 3.33. The molecule has 2 atom stereocenters. The first-order valence-corrected chi connectivity index (χ1v) is 10.4. The van der Waals surface area contributed by atoms with Crippen LogP contribution in [-0.2, 0) is 27.3 Å². The van der Waals surface area contributed by atoms with Crippen LogP contribution in [0.3, 0.4) is 0 Å². The molecule has 2 heterocycles. The maximum absolute atomic E-state index is 13.0. The maximum Gasteiger partial charge on any atom is 0.338 e. The van der Waals surface area contributed by atoms with Crippen LogP contribution in [-0.4, -0.2) is 41.4 Å². The van der Waals surface area contributed by atoms with E-state index in [1.54, 1.807) is 24.0 Å². The summed E-state index contributed by atoms with van der Waals surface area (Å²) in [6.45, 7) is 4.94. The standard InChI is InChI=1S/C24H26N2O4/c1-16-14-20-6-3-4-7-21(20)26(16)23(28)17(2)30-24(29)19-11-9-18(10-12-19)15-25-13-5-8-22(25)27/h3-4,6-7,9-12,16-17H,5,8,13-15H2,1-2H3/t16-,17+/m0/s1. The van der Waals surface area contributed by atoms with E-state index in [2.05, 4.69) is 0 Å². The number of hydrogen-bond acceptors (Lipinski definition) is 4. The van der Waals surface area contributed by atoms with Crippen molar-refractivity contribution in [3.63, 3.8) is 0 Å². The maximum atomic E-state index is 13.0. The summed E-state index contributed by atoms with van der Waals surface area (Å²) in [7, 11) is 0. The molecule has 0 spiro atoms. The number of ether oxygens (including phenoxy) is 1. The van der Waals surface area contributed by atoms with Crippen LogP contribution < -0.4 is 4.90 Å². The molecule has 0 aliphatic carbocycles. The van der Waals surface area contributed by atoms with Crippen LogP contribution in [0, 0.1) is 0 Å². The van der Waals surface area contributed by atoms with Crippen molar-refractivity contribution in [1.82, 2.24) is 4.90 Å². The molecule has 0 N–H and O–H groups in total. The zero-order valence-corrected chi connectivity index (χ0v) is 17.3. The molecule has 2 aromatic carbocycles. The monoisotopic (exact) mass is 406 g/mol. The van der Waals surface area contributed by atoms with Crippen LogP contribution in [0.25, 0.3) is 0 Å². The van der Waals surface area contributed by atoms with Gasteiger partial charge in [-0.2, -0.15) is 0 Å². The minimum Gasteiger partial charge on any atom is -0.449 e. The van der Waals surface area contributed by atoms with Crippen molar-refractivity contribution in [2.45, 2.75) is 51.8 Å². The van der Waals surface area contributed by atoms with E-state index in [0.717, 1.165) is 36.2 Å². The molecule has 6 nitrogen and oxygen atoms in total. The molecule has 2 aliphatic rings. The van der Waals surface area contributed by atoms with Crippen molar-refractivity contribution in [2.24, 2.45) is 0 Å². The summed E-state index contributed by atoms with van der Waals surface area (Å²) >= 11 is 0. The van der Waals surface area contributed by atoms with E-state index in [-0.39, 0.29) is 17.9 Å². The number of rotatable bonds is 5. The topological polar surface area (TPSA) is 66.9 Å². The van der Waals surface area contributed by atoms with Crippen LogP contribution in [0.5, 0.6) is 0 Å². The number of anilines is 1. The van der Waals surface area contributed by atoms with Crippen LogP contribution >= 0.6 is 0 Å². The summed E-state index contributed by atoms with van der Waals surface area (Å²) in [6.07, 6.45) is 1.42. The fourth-order valence-electron chi connectivity index (χ4n) is 4.21. The molecule has 156 valence electrons. The largest absolute Gasteiger partial charge is 0.449 e. The Labute approximate surface area is 176 Å². The molecular weight excluding hydrogens is 380 g/mol. The van der Waals surface area contributed by atoms with Gasteiger partial charge in [-0.25, -0.2) is 4.79 Å². The second kappa shape index (κ2) is 8.30. The van der Waals surface area contributed by atoms with Gasteiger partial charge in [0.25, 0.3) is 5.91 Å². The third kappa shape index (κ3) is 3.95. The van der Waals surface area contributed by atoms with E-state index in [1.807, 2.05) is 48.2 Å². The molecule has 0 bridgehead atoms. The van der Waals surface area contributed by atoms with E-state index < -0.39 is 12.1 Å². The van der Waals surface area contributed by atoms with Gasteiger partial charge in [0.2, 0.25) is 5.91 Å². The van der Waals surface area contributed by atoms with Crippen molar-refractivity contribution >= 4 is 23.5 Å². The van der Waals surface area contributed by atoms with Gasteiger partial charge in [-0.15, -0.1) is 0 Å². The second-order valence-electron chi connectivity index (χ2n) is 8.05. The smallest absolute Gasteiger partial charge is 0.338 e. The highest BCUT2D eigenvalue weighted by atomic mass is 16.5. The Bertz CT molecular complexity index is 969. The first kappa shape index (κ1) is 20.1. The van der Waals surface area contributed by atoms with Gasteiger partial charge >= 0.3 is 5.97 Å². The number of likely N-dealkylation sites (tertiary alicyclic amines) is 1. The Morgan fingerprint density at radius 1 is 1.13 bits per heavy atom. The van der Waals surface area contributed by atoms with Crippen molar-refractivity contribution in [1.29, 1.82) is 0 Å². The number of para-hydroxylation sites is 1. The SMILES string of the molecule is C[C@@H](OC(=O)c1ccc(CN2CCCC2=O)cc1)C(=O)N1c2ccccc2C[C@@H]1C. The lowest BCUT2D eigenvalue weighted by Crippen LogP contribution is -2.43. The highest BCUT2D eigenvalue weighted by Gasteiger charge is 2.34. The number of benzene rings is 2. The molecule has 2 aromatic rings. The number of carbonyl (C=O) groups is 3. The molecule has 0 unspecified atom stereocenters. The number of fused-ring (bicyclic) bond motifs is 1. The summed E-state index contributed by atoms with van der Waals surface area (Å²) in [5.41, 5.74) is 3.37. The Kier molecular flexibility index (Phi) is 5.57. The lowest BCUT2D eigenvalue weighted by Gasteiger charge is -2.26. The number of amides is 2. The van der Waals surface area contributed by atoms with Crippen molar-refractivity contribution in [3.8, 4) is 0 Å². The Morgan fingerprint density at radius 2 is 1.87 bits per heavy atom. The van der Waals surface area contributed by atoms with Gasteiger partial charge < -0.3 is 14.5 Å². The van der Waals surface area contributed by atoms with Crippen LogP contribution in [0.15, 0.2) is 48.5 Å². The molecule has 30 heavy (non-hydrogen) atoms. The molecule has 1 fully saturated rings. The zero-order valence-electron chi connectivity index (χ0n) is 17.3.